The Hall–Kier alpha value is -2.42. The van der Waals surface area contributed by atoms with Crippen molar-refractivity contribution in [3.05, 3.63) is 48.0 Å². The average molecular weight is 361 g/mol. The van der Waals surface area contributed by atoms with Crippen LogP contribution in [0.25, 0.3) is 0 Å². The van der Waals surface area contributed by atoms with E-state index in [0.717, 1.165) is 5.56 Å². The minimum atomic E-state index is -1.44. The zero-order chi connectivity index (χ0) is 18.3. The van der Waals surface area contributed by atoms with Gasteiger partial charge in [-0.2, -0.15) is 0 Å². The van der Waals surface area contributed by atoms with E-state index in [1.165, 1.54) is 12.0 Å². The normalized spacial score (nSPS) is 34.5. The molecule has 0 spiro atoms. The van der Waals surface area contributed by atoms with Crippen LogP contribution in [-0.2, 0) is 30.7 Å². The van der Waals surface area contributed by atoms with Gasteiger partial charge in [0.2, 0.25) is 0 Å². The van der Waals surface area contributed by atoms with Crippen LogP contribution in [-0.4, -0.2) is 59.1 Å². The van der Waals surface area contributed by atoms with E-state index in [0.29, 0.717) is 0 Å². The number of rotatable bonds is 3. The molecular formula is C18H19NO7. The number of benzene rings is 1. The van der Waals surface area contributed by atoms with Gasteiger partial charge >= 0.3 is 12.1 Å². The lowest BCUT2D eigenvalue weighted by Crippen LogP contribution is -2.65. The molecule has 8 heteroatoms. The van der Waals surface area contributed by atoms with Crippen LogP contribution in [0, 0.1) is 0 Å². The van der Waals surface area contributed by atoms with Crippen LogP contribution >= 0.6 is 0 Å². The third-order valence-electron chi connectivity index (χ3n) is 5.11. The second-order valence-corrected chi connectivity index (χ2v) is 6.59. The molecule has 1 amide bonds. The van der Waals surface area contributed by atoms with Gasteiger partial charge in [-0.3, -0.25) is 4.90 Å². The highest BCUT2D eigenvalue weighted by molar-refractivity contribution is 5.83. The Balaban J connectivity index is 1.59. The number of ether oxygens (including phenoxy) is 2. The number of carbonyl (C=O) groups is 2. The molecule has 4 aliphatic rings. The smallest absolute Gasteiger partial charge is 0.411 e. The Bertz CT molecular complexity index is 736. The first kappa shape index (κ1) is 17.0. The molecule has 1 aromatic rings. The molecule has 26 heavy (non-hydrogen) atoms. The van der Waals surface area contributed by atoms with Gasteiger partial charge < -0.3 is 14.6 Å². The minimum absolute atomic E-state index is 0.0142. The van der Waals surface area contributed by atoms with Gasteiger partial charge in [0.1, 0.15) is 36.5 Å². The Labute approximate surface area is 149 Å². The predicted molar refractivity (Wildman–Crippen MR) is 86.5 cm³/mol. The molecule has 138 valence electrons. The lowest BCUT2D eigenvalue weighted by atomic mass is 9.79. The molecule has 8 nitrogen and oxygen atoms in total. The lowest BCUT2D eigenvalue weighted by molar-refractivity contribution is -0.405. The Morgan fingerprint density at radius 1 is 1.27 bits per heavy atom. The Morgan fingerprint density at radius 3 is 2.69 bits per heavy atom. The maximum Gasteiger partial charge on any atom is 0.411 e. The third kappa shape index (κ3) is 2.57. The standard InChI is InChI=1S/C18H19NO7/c1-23-16(20)12-9-18(22)14-8-7-13(25-26-14)15(18)19(12)17(21)24-10-11-5-3-2-4-6-11/h2-8,12-15,22H,9-10H2,1H3/t12-,13-,14+,15+,18+/m0/s1. The summed E-state index contributed by atoms with van der Waals surface area (Å²) >= 11 is 0. The number of amides is 1. The van der Waals surface area contributed by atoms with Crippen molar-refractivity contribution in [1.82, 2.24) is 4.90 Å². The van der Waals surface area contributed by atoms with Crippen LogP contribution in [0.4, 0.5) is 4.79 Å². The summed E-state index contributed by atoms with van der Waals surface area (Å²) in [5.74, 6) is -0.621. The third-order valence-corrected chi connectivity index (χ3v) is 5.11. The van der Waals surface area contributed by atoms with E-state index in [9.17, 15) is 14.7 Å². The maximum absolute atomic E-state index is 12.8. The van der Waals surface area contributed by atoms with Crippen molar-refractivity contribution in [3.63, 3.8) is 0 Å². The molecule has 3 aliphatic heterocycles. The number of esters is 1. The largest absolute Gasteiger partial charge is 0.467 e. The van der Waals surface area contributed by atoms with Gasteiger partial charge in [-0.1, -0.05) is 42.5 Å². The fraction of sp³-hybridized carbons (Fsp3) is 0.444. The van der Waals surface area contributed by atoms with E-state index >= 15 is 0 Å². The minimum Gasteiger partial charge on any atom is -0.467 e. The number of hydrogen-bond donors (Lipinski definition) is 1. The molecule has 1 aromatic carbocycles. The Morgan fingerprint density at radius 2 is 2.04 bits per heavy atom. The second kappa shape index (κ2) is 6.39. The van der Waals surface area contributed by atoms with Gasteiger partial charge in [-0.05, 0) is 5.56 Å². The monoisotopic (exact) mass is 361 g/mol. The highest BCUT2D eigenvalue weighted by Gasteiger charge is 2.66. The van der Waals surface area contributed by atoms with Crippen LogP contribution in [0.1, 0.15) is 12.0 Å². The summed E-state index contributed by atoms with van der Waals surface area (Å²) in [5, 5.41) is 11.1. The first-order chi connectivity index (χ1) is 12.5. The van der Waals surface area contributed by atoms with Crippen molar-refractivity contribution >= 4 is 12.1 Å². The number of nitrogens with zero attached hydrogens (tertiary/aromatic N) is 1. The molecule has 0 radical (unpaired) electrons. The molecular weight excluding hydrogens is 342 g/mol. The average Bonchev–Trinajstić information content (AvgIpc) is 3.03. The number of likely N-dealkylation sites (tertiary alicyclic amines) is 1. The van der Waals surface area contributed by atoms with Gasteiger partial charge in [0.05, 0.1) is 7.11 Å². The highest BCUT2D eigenvalue weighted by Crippen LogP contribution is 2.46. The van der Waals surface area contributed by atoms with E-state index in [1.807, 2.05) is 30.3 Å². The van der Waals surface area contributed by atoms with E-state index in [2.05, 4.69) is 0 Å². The van der Waals surface area contributed by atoms with Crippen LogP contribution in [0.15, 0.2) is 42.5 Å². The van der Waals surface area contributed by atoms with Crippen LogP contribution in [0.2, 0.25) is 0 Å². The molecule has 1 N–H and O–H groups in total. The summed E-state index contributed by atoms with van der Waals surface area (Å²) in [7, 11) is 1.24. The molecule has 5 atom stereocenters. The zero-order valence-electron chi connectivity index (χ0n) is 14.1. The molecule has 2 saturated heterocycles. The second-order valence-electron chi connectivity index (χ2n) is 6.59. The molecule has 2 bridgehead atoms. The quantitative estimate of drug-likeness (QED) is 0.486. The van der Waals surface area contributed by atoms with Crippen LogP contribution in [0.3, 0.4) is 0 Å². The first-order valence-electron chi connectivity index (χ1n) is 8.34. The van der Waals surface area contributed by atoms with Crippen LogP contribution in [0.5, 0.6) is 0 Å². The number of methoxy groups -OCH3 is 1. The van der Waals surface area contributed by atoms with E-state index in [4.69, 9.17) is 19.2 Å². The van der Waals surface area contributed by atoms with Crippen molar-refractivity contribution in [2.75, 3.05) is 7.11 Å². The number of carbonyl (C=O) groups excluding carboxylic acids is 2. The summed E-state index contributed by atoms with van der Waals surface area (Å²) in [5.41, 5.74) is -0.628. The fourth-order valence-electron chi connectivity index (χ4n) is 3.86. The number of fused-ring (bicyclic) bond motifs is 1. The zero-order valence-corrected chi connectivity index (χ0v) is 14.1. The SMILES string of the molecule is COC(=O)[C@@H]1C[C@@]2(O)[C@H]3C=C[C@H](OO3)[C@H]2N1C(=O)OCc1ccccc1. The topological polar surface area (TPSA) is 94.5 Å². The molecule has 3 heterocycles. The highest BCUT2D eigenvalue weighted by atomic mass is 17.2. The summed E-state index contributed by atoms with van der Waals surface area (Å²) in [6.07, 6.45) is 1.21. The maximum atomic E-state index is 12.8. The van der Waals surface area contributed by atoms with Gasteiger partial charge in [0.25, 0.3) is 0 Å². The first-order valence-corrected chi connectivity index (χ1v) is 8.34. The van der Waals surface area contributed by atoms with Gasteiger partial charge in [0, 0.05) is 6.42 Å². The van der Waals surface area contributed by atoms with Gasteiger partial charge in [-0.15, -0.1) is 0 Å². The molecule has 5 rings (SSSR count). The lowest BCUT2D eigenvalue weighted by Gasteiger charge is -2.47. The number of hydrogen-bond acceptors (Lipinski definition) is 7. The summed E-state index contributed by atoms with van der Waals surface area (Å²) < 4.78 is 10.2. The molecule has 0 aromatic heterocycles. The van der Waals surface area contributed by atoms with Gasteiger partial charge in [0.15, 0.2) is 0 Å². The Kier molecular flexibility index (Phi) is 4.18. The van der Waals surface area contributed by atoms with Gasteiger partial charge in [-0.25, -0.2) is 19.4 Å². The van der Waals surface area contributed by atoms with Crippen molar-refractivity contribution in [1.29, 1.82) is 0 Å². The predicted octanol–water partition coefficient (Wildman–Crippen LogP) is 0.939. The molecule has 2 fully saturated rings. The van der Waals surface area contributed by atoms with Crippen molar-refractivity contribution < 1.29 is 33.9 Å². The van der Waals surface area contributed by atoms with Crippen molar-refractivity contribution in [3.8, 4) is 0 Å². The van der Waals surface area contributed by atoms with E-state index < -0.39 is 42.0 Å². The molecule has 0 unspecified atom stereocenters. The van der Waals surface area contributed by atoms with Crippen LogP contribution < -0.4 is 0 Å². The summed E-state index contributed by atoms with van der Waals surface area (Å²) in [4.78, 5) is 36.6. The van der Waals surface area contributed by atoms with Crippen molar-refractivity contribution in [2.45, 2.75) is 42.9 Å². The fourth-order valence-corrected chi connectivity index (χ4v) is 3.86. The molecule has 1 aliphatic carbocycles. The van der Waals surface area contributed by atoms with E-state index in [1.54, 1.807) is 12.2 Å². The number of aliphatic hydroxyl groups is 1. The van der Waals surface area contributed by atoms with E-state index in [-0.39, 0.29) is 13.0 Å². The molecule has 0 saturated carbocycles. The summed E-state index contributed by atoms with van der Waals surface area (Å²) in [6, 6.07) is 7.42. The summed E-state index contributed by atoms with van der Waals surface area (Å²) in [6.45, 7) is 0.0521. The van der Waals surface area contributed by atoms with Crippen molar-refractivity contribution in [2.24, 2.45) is 0 Å².